The normalized spacial score (nSPS) is 53.8. The average molecular weight is 176 g/mol. The maximum atomic E-state index is 9.39. The van der Waals surface area contributed by atoms with Gasteiger partial charge in [0.05, 0.1) is 6.61 Å². The molecule has 0 aromatic heterocycles. The molecule has 0 aliphatic carbocycles. The van der Waals surface area contributed by atoms with Crippen molar-refractivity contribution < 1.29 is 24.4 Å². The number of aliphatic hydroxyl groups is 2. The molecule has 2 N–H and O–H groups in total. The van der Waals surface area contributed by atoms with Gasteiger partial charge in [0.1, 0.15) is 18.3 Å². The van der Waals surface area contributed by atoms with E-state index in [1.165, 1.54) is 0 Å². The first-order valence-corrected chi connectivity index (χ1v) is 3.97. The molecular formula is C7H12O5. The van der Waals surface area contributed by atoms with Crippen LogP contribution in [0.25, 0.3) is 0 Å². The van der Waals surface area contributed by atoms with Gasteiger partial charge in [0.15, 0.2) is 12.6 Å². The van der Waals surface area contributed by atoms with Gasteiger partial charge in [-0.2, -0.15) is 0 Å². The van der Waals surface area contributed by atoms with Crippen molar-refractivity contribution in [3.05, 3.63) is 0 Å². The minimum Gasteiger partial charge on any atom is -0.385 e. The summed E-state index contributed by atoms with van der Waals surface area (Å²) in [7, 11) is 0. The third-order valence-electron chi connectivity index (χ3n) is 2.14. The number of aliphatic hydroxyl groups excluding tert-OH is 2. The first-order chi connectivity index (χ1) is 5.68. The molecule has 5 heteroatoms. The van der Waals surface area contributed by atoms with Gasteiger partial charge in [-0.3, -0.25) is 0 Å². The Hall–Kier alpha value is -0.200. The van der Waals surface area contributed by atoms with Crippen molar-refractivity contribution in [3.8, 4) is 0 Å². The molecule has 5 atom stereocenters. The molecule has 0 saturated carbocycles. The van der Waals surface area contributed by atoms with E-state index in [4.69, 9.17) is 19.3 Å². The summed E-state index contributed by atoms with van der Waals surface area (Å²) in [6.07, 6.45) is -3.19. The minimum atomic E-state index is -1.15. The molecule has 0 spiro atoms. The maximum absolute atomic E-state index is 9.39. The highest BCUT2D eigenvalue weighted by Crippen LogP contribution is 2.27. The summed E-state index contributed by atoms with van der Waals surface area (Å²) in [4.78, 5) is 0. The number of rotatable bonds is 0. The highest BCUT2D eigenvalue weighted by atomic mass is 16.8. The smallest absolute Gasteiger partial charge is 0.183 e. The SMILES string of the molecule is CC1OC2COC(O)C(O)C2O1. The molecule has 0 bridgehead atoms. The lowest BCUT2D eigenvalue weighted by Crippen LogP contribution is -2.51. The van der Waals surface area contributed by atoms with Crippen LogP contribution >= 0.6 is 0 Å². The Morgan fingerprint density at radius 3 is 2.75 bits per heavy atom. The lowest BCUT2D eigenvalue weighted by atomic mass is 10.1. The largest absolute Gasteiger partial charge is 0.385 e. The zero-order chi connectivity index (χ0) is 8.72. The average Bonchev–Trinajstić information content (AvgIpc) is 2.39. The third kappa shape index (κ3) is 1.23. The van der Waals surface area contributed by atoms with Crippen LogP contribution in [0.3, 0.4) is 0 Å². The van der Waals surface area contributed by atoms with Crippen molar-refractivity contribution in [1.82, 2.24) is 0 Å². The van der Waals surface area contributed by atoms with Crippen molar-refractivity contribution in [2.45, 2.75) is 37.8 Å². The Morgan fingerprint density at radius 1 is 1.25 bits per heavy atom. The zero-order valence-electron chi connectivity index (χ0n) is 6.71. The minimum absolute atomic E-state index is 0.251. The Balaban J connectivity index is 2.06. The van der Waals surface area contributed by atoms with Crippen molar-refractivity contribution in [2.75, 3.05) is 6.61 Å². The van der Waals surface area contributed by atoms with Gasteiger partial charge in [-0.25, -0.2) is 0 Å². The van der Waals surface area contributed by atoms with Gasteiger partial charge in [0, 0.05) is 0 Å². The van der Waals surface area contributed by atoms with Gasteiger partial charge in [-0.1, -0.05) is 0 Å². The van der Waals surface area contributed by atoms with Gasteiger partial charge in [0.25, 0.3) is 0 Å². The molecule has 2 heterocycles. The Kier molecular flexibility index (Phi) is 2.05. The van der Waals surface area contributed by atoms with Gasteiger partial charge >= 0.3 is 0 Å². The molecule has 2 rings (SSSR count). The number of hydrogen-bond donors (Lipinski definition) is 2. The van der Waals surface area contributed by atoms with Crippen LogP contribution in [-0.2, 0) is 14.2 Å². The molecule has 12 heavy (non-hydrogen) atoms. The van der Waals surface area contributed by atoms with Crippen LogP contribution in [0.15, 0.2) is 0 Å². The molecule has 70 valence electrons. The van der Waals surface area contributed by atoms with Gasteiger partial charge in [0.2, 0.25) is 0 Å². The summed E-state index contributed by atoms with van der Waals surface area (Å²) >= 11 is 0. The summed E-state index contributed by atoms with van der Waals surface area (Å²) in [6.45, 7) is 2.02. The van der Waals surface area contributed by atoms with Crippen molar-refractivity contribution >= 4 is 0 Å². The fraction of sp³-hybridized carbons (Fsp3) is 1.00. The first kappa shape index (κ1) is 8.40. The van der Waals surface area contributed by atoms with Gasteiger partial charge in [-0.05, 0) is 6.92 Å². The molecule has 2 aliphatic rings. The van der Waals surface area contributed by atoms with Crippen LogP contribution in [0.1, 0.15) is 6.92 Å². The quantitative estimate of drug-likeness (QED) is 0.486. The van der Waals surface area contributed by atoms with Crippen LogP contribution in [-0.4, -0.2) is 47.7 Å². The lowest BCUT2D eigenvalue weighted by Gasteiger charge is -2.31. The van der Waals surface area contributed by atoms with E-state index in [2.05, 4.69) is 0 Å². The molecule has 0 aromatic rings. The van der Waals surface area contributed by atoms with Crippen LogP contribution < -0.4 is 0 Å². The fourth-order valence-electron chi connectivity index (χ4n) is 1.55. The van der Waals surface area contributed by atoms with E-state index in [0.717, 1.165) is 0 Å². The second kappa shape index (κ2) is 2.93. The lowest BCUT2D eigenvalue weighted by molar-refractivity contribution is -0.229. The van der Waals surface area contributed by atoms with E-state index in [-0.39, 0.29) is 19.0 Å². The third-order valence-corrected chi connectivity index (χ3v) is 2.14. The van der Waals surface area contributed by atoms with Crippen LogP contribution in [0.2, 0.25) is 0 Å². The molecule has 0 aromatic carbocycles. The van der Waals surface area contributed by atoms with Gasteiger partial charge in [-0.15, -0.1) is 0 Å². The highest BCUT2D eigenvalue weighted by molar-refractivity contribution is 4.87. The Bertz CT molecular complexity index is 171. The molecule has 5 nitrogen and oxygen atoms in total. The van der Waals surface area contributed by atoms with Crippen molar-refractivity contribution in [3.63, 3.8) is 0 Å². The van der Waals surface area contributed by atoms with Crippen molar-refractivity contribution in [1.29, 1.82) is 0 Å². The molecule has 2 saturated heterocycles. The summed E-state index contributed by atoms with van der Waals surface area (Å²) in [6, 6.07) is 0. The predicted molar refractivity (Wildman–Crippen MR) is 37.2 cm³/mol. The molecule has 0 amide bonds. The summed E-state index contributed by atoms with van der Waals surface area (Å²) in [5.74, 6) is 0. The van der Waals surface area contributed by atoms with E-state index < -0.39 is 18.5 Å². The molecule has 2 aliphatic heterocycles. The highest BCUT2D eigenvalue weighted by Gasteiger charge is 2.45. The maximum Gasteiger partial charge on any atom is 0.183 e. The van der Waals surface area contributed by atoms with Crippen LogP contribution in [0, 0.1) is 0 Å². The second-order valence-corrected chi connectivity index (χ2v) is 3.06. The summed E-state index contributed by atoms with van der Waals surface area (Å²) < 4.78 is 15.4. The topological polar surface area (TPSA) is 68.2 Å². The monoisotopic (exact) mass is 176 g/mol. The number of ether oxygens (including phenoxy) is 3. The number of fused-ring (bicyclic) bond motifs is 1. The zero-order valence-corrected chi connectivity index (χ0v) is 6.71. The van der Waals surface area contributed by atoms with Crippen molar-refractivity contribution in [2.24, 2.45) is 0 Å². The molecule has 2 fully saturated rings. The van der Waals surface area contributed by atoms with E-state index in [1.807, 2.05) is 0 Å². The molecular weight excluding hydrogens is 164 g/mol. The van der Waals surface area contributed by atoms with Crippen LogP contribution in [0.4, 0.5) is 0 Å². The van der Waals surface area contributed by atoms with Gasteiger partial charge < -0.3 is 24.4 Å². The second-order valence-electron chi connectivity index (χ2n) is 3.06. The standard InChI is InChI=1S/C7H12O5/c1-3-11-4-2-10-7(9)5(8)6(4)12-3/h3-9H,2H2,1H3. The van der Waals surface area contributed by atoms with E-state index in [9.17, 15) is 5.11 Å². The first-order valence-electron chi connectivity index (χ1n) is 3.97. The predicted octanol–water partition coefficient (Wildman–Crippen LogP) is -1.17. The van der Waals surface area contributed by atoms with E-state index in [0.29, 0.717) is 0 Å². The summed E-state index contributed by atoms with van der Waals surface area (Å²) in [5.41, 5.74) is 0. The Labute approximate surface area is 69.8 Å². The molecule has 5 unspecified atom stereocenters. The van der Waals surface area contributed by atoms with E-state index in [1.54, 1.807) is 6.92 Å². The van der Waals surface area contributed by atoms with Crippen LogP contribution in [0.5, 0.6) is 0 Å². The fourth-order valence-corrected chi connectivity index (χ4v) is 1.55. The van der Waals surface area contributed by atoms with E-state index >= 15 is 0 Å². The summed E-state index contributed by atoms with van der Waals surface area (Å²) in [5, 5.41) is 18.5. The Morgan fingerprint density at radius 2 is 2.00 bits per heavy atom. The molecule has 0 radical (unpaired) electrons. The number of hydrogen-bond acceptors (Lipinski definition) is 5.